The van der Waals surface area contributed by atoms with Crippen molar-refractivity contribution in [2.45, 2.75) is 36.6 Å². The Kier molecular flexibility index (Phi) is 6.49. The Morgan fingerprint density at radius 2 is 2.10 bits per heavy atom. The van der Waals surface area contributed by atoms with Crippen LogP contribution in [-0.2, 0) is 26.1 Å². The molecule has 1 aliphatic rings. The maximum atomic E-state index is 13.1. The Hall–Kier alpha value is -1.85. The monoisotopic (exact) mass is 465 g/mol. The first-order valence-electron chi connectivity index (χ1n) is 9.82. The average Bonchev–Trinajstić information content (AvgIpc) is 3.48. The molecule has 0 N–H and O–H groups in total. The van der Waals surface area contributed by atoms with Crippen molar-refractivity contribution in [3.8, 4) is 0 Å². The number of hydrogen-bond acceptors (Lipinski definition) is 6. The van der Waals surface area contributed by atoms with Crippen molar-refractivity contribution in [2.75, 3.05) is 19.8 Å². The van der Waals surface area contributed by atoms with Crippen molar-refractivity contribution in [1.29, 1.82) is 0 Å². The molecule has 160 valence electrons. The largest absolute Gasteiger partial charge is 0.380 e. The molecule has 1 saturated heterocycles. The second-order valence-electron chi connectivity index (χ2n) is 6.86. The van der Waals surface area contributed by atoms with E-state index in [-0.39, 0.29) is 4.21 Å². The van der Waals surface area contributed by atoms with Crippen LogP contribution in [0.1, 0.15) is 19.8 Å². The van der Waals surface area contributed by atoms with E-state index in [9.17, 15) is 13.2 Å². The minimum atomic E-state index is -3.69. The molecule has 10 heteroatoms. The first kappa shape index (κ1) is 21.4. The molecule has 0 radical (unpaired) electrons. The predicted octanol–water partition coefficient (Wildman–Crippen LogP) is 3.08. The number of fused-ring (bicyclic) bond motifs is 1. The zero-order valence-electron chi connectivity index (χ0n) is 16.6. The molecule has 1 atom stereocenters. The molecule has 30 heavy (non-hydrogen) atoms. The summed E-state index contributed by atoms with van der Waals surface area (Å²) >= 11 is 2.59. The van der Waals surface area contributed by atoms with Gasteiger partial charge in [-0.1, -0.05) is 29.5 Å². The van der Waals surface area contributed by atoms with Gasteiger partial charge in [0.15, 0.2) is 4.80 Å². The predicted molar refractivity (Wildman–Crippen MR) is 118 cm³/mol. The molecule has 0 saturated carbocycles. The van der Waals surface area contributed by atoms with Crippen LogP contribution in [0, 0.1) is 0 Å². The van der Waals surface area contributed by atoms with Gasteiger partial charge in [0.2, 0.25) is 0 Å². The molecule has 0 spiro atoms. The number of aromatic nitrogens is 1. The highest BCUT2D eigenvalue weighted by molar-refractivity contribution is 7.91. The van der Waals surface area contributed by atoms with E-state index < -0.39 is 22.0 Å². The SMILES string of the molecule is CCOCCn1c(=NC(=O)C2CCCN2S(=O)(=O)c2cccs2)sc2ccccc21. The number of carbonyl (C=O) groups is 1. The van der Waals surface area contributed by atoms with Crippen molar-refractivity contribution in [3.05, 3.63) is 46.6 Å². The van der Waals surface area contributed by atoms with E-state index in [0.717, 1.165) is 21.6 Å². The summed E-state index contributed by atoms with van der Waals surface area (Å²) in [5, 5.41) is 1.72. The van der Waals surface area contributed by atoms with Crippen LogP contribution in [0.2, 0.25) is 0 Å². The Morgan fingerprint density at radius 3 is 2.87 bits per heavy atom. The van der Waals surface area contributed by atoms with Gasteiger partial charge in [-0.25, -0.2) is 8.42 Å². The minimum absolute atomic E-state index is 0.260. The number of carbonyl (C=O) groups excluding carboxylic acids is 1. The van der Waals surface area contributed by atoms with Gasteiger partial charge in [0.1, 0.15) is 10.3 Å². The minimum Gasteiger partial charge on any atom is -0.380 e. The van der Waals surface area contributed by atoms with Crippen LogP contribution in [0.25, 0.3) is 10.2 Å². The zero-order chi connectivity index (χ0) is 21.1. The maximum Gasteiger partial charge on any atom is 0.266 e. The number of thiazole rings is 1. The summed E-state index contributed by atoms with van der Waals surface area (Å²) in [7, 11) is -3.69. The standard InChI is InChI=1S/C20H23N3O4S3/c1-2-27-13-12-22-15-7-3-4-9-17(15)29-20(22)21-19(24)16-8-5-11-23(16)30(25,26)18-10-6-14-28-18/h3-4,6-7,9-10,14,16H,2,5,8,11-13H2,1H3. The van der Waals surface area contributed by atoms with Gasteiger partial charge in [-0.15, -0.1) is 11.3 Å². The lowest BCUT2D eigenvalue weighted by Crippen LogP contribution is -2.40. The van der Waals surface area contributed by atoms with Crippen molar-refractivity contribution in [2.24, 2.45) is 4.99 Å². The van der Waals surface area contributed by atoms with Crippen LogP contribution in [0.15, 0.2) is 51.0 Å². The van der Waals surface area contributed by atoms with Crippen LogP contribution in [0.4, 0.5) is 0 Å². The number of benzene rings is 1. The first-order valence-corrected chi connectivity index (χ1v) is 13.0. The Bertz CT molecular complexity index is 1200. The van der Waals surface area contributed by atoms with Crippen LogP contribution >= 0.6 is 22.7 Å². The van der Waals surface area contributed by atoms with Gasteiger partial charge in [0.25, 0.3) is 15.9 Å². The van der Waals surface area contributed by atoms with Gasteiger partial charge in [0, 0.05) is 19.7 Å². The topological polar surface area (TPSA) is 81.0 Å². The van der Waals surface area contributed by atoms with Gasteiger partial charge < -0.3 is 9.30 Å². The smallest absolute Gasteiger partial charge is 0.266 e. The third kappa shape index (κ3) is 4.15. The number of sulfonamides is 1. The number of nitrogens with zero attached hydrogens (tertiary/aromatic N) is 3. The molecule has 7 nitrogen and oxygen atoms in total. The highest BCUT2D eigenvalue weighted by atomic mass is 32.2. The van der Waals surface area contributed by atoms with Gasteiger partial charge in [-0.3, -0.25) is 4.79 Å². The number of thiophene rings is 1. The number of ether oxygens (including phenoxy) is 1. The maximum absolute atomic E-state index is 13.1. The number of para-hydroxylation sites is 1. The van der Waals surface area contributed by atoms with E-state index in [1.807, 2.05) is 35.8 Å². The molecule has 1 unspecified atom stereocenters. The second kappa shape index (κ2) is 9.11. The van der Waals surface area contributed by atoms with E-state index in [4.69, 9.17) is 4.74 Å². The van der Waals surface area contributed by atoms with Gasteiger partial charge >= 0.3 is 0 Å². The number of hydrogen-bond donors (Lipinski definition) is 0. The van der Waals surface area contributed by atoms with Crippen molar-refractivity contribution < 1.29 is 17.9 Å². The van der Waals surface area contributed by atoms with Gasteiger partial charge in [-0.2, -0.15) is 9.30 Å². The van der Waals surface area contributed by atoms with Crippen molar-refractivity contribution in [3.63, 3.8) is 0 Å². The van der Waals surface area contributed by atoms with Crippen LogP contribution in [0.3, 0.4) is 0 Å². The molecule has 4 rings (SSSR count). The molecular formula is C20H23N3O4S3. The zero-order valence-corrected chi connectivity index (χ0v) is 19.0. The van der Waals surface area contributed by atoms with E-state index in [2.05, 4.69) is 4.99 Å². The van der Waals surface area contributed by atoms with Gasteiger partial charge in [-0.05, 0) is 43.3 Å². The van der Waals surface area contributed by atoms with E-state index in [1.165, 1.54) is 15.6 Å². The second-order valence-corrected chi connectivity index (χ2v) is 10.9. The quantitative estimate of drug-likeness (QED) is 0.502. The lowest BCUT2D eigenvalue weighted by atomic mass is 10.2. The van der Waals surface area contributed by atoms with Crippen molar-refractivity contribution in [1.82, 2.24) is 8.87 Å². The summed E-state index contributed by atoms with van der Waals surface area (Å²) in [6.45, 7) is 3.98. The Balaban J connectivity index is 1.68. The molecule has 1 aliphatic heterocycles. The summed E-state index contributed by atoms with van der Waals surface area (Å²) in [4.78, 5) is 18.1. The molecule has 2 aromatic heterocycles. The van der Waals surface area contributed by atoms with Crippen LogP contribution in [0.5, 0.6) is 0 Å². The third-order valence-corrected chi connectivity index (χ3v) is 9.34. The first-order chi connectivity index (χ1) is 14.5. The molecule has 3 heterocycles. The molecule has 1 aromatic carbocycles. The normalized spacial score (nSPS) is 18.4. The fourth-order valence-electron chi connectivity index (χ4n) is 3.59. The molecule has 1 amide bonds. The van der Waals surface area contributed by atoms with E-state index >= 15 is 0 Å². The Morgan fingerprint density at radius 1 is 1.27 bits per heavy atom. The average molecular weight is 466 g/mol. The lowest BCUT2D eigenvalue weighted by molar-refractivity contribution is -0.121. The van der Waals surface area contributed by atoms with Crippen molar-refractivity contribution >= 4 is 48.8 Å². The highest BCUT2D eigenvalue weighted by Crippen LogP contribution is 2.29. The Labute approximate surface area is 183 Å². The molecule has 0 aliphatic carbocycles. The fourth-order valence-corrected chi connectivity index (χ4v) is 7.42. The lowest BCUT2D eigenvalue weighted by Gasteiger charge is -2.20. The molecular weight excluding hydrogens is 442 g/mol. The fraction of sp³-hybridized carbons (Fsp3) is 0.400. The number of rotatable bonds is 7. The summed E-state index contributed by atoms with van der Waals surface area (Å²) in [5.41, 5.74) is 0.989. The molecule has 3 aromatic rings. The highest BCUT2D eigenvalue weighted by Gasteiger charge is 2.39. The van der Waals surface area contributed by atoms with E-state index in [0.29, 0.717) is 43.9 Å². The molecule has 1 fully saturated rings. The third-order valence-electron chi connectivity index (χ3n) is 5.00. The summed E-state index contributed by atoms with van der Waals surface area (Å²) < 4.78 is 36.0. The van der Waals surface area contributed by atoms with Crippen LogP contribution < -0.4 is 4.80 Å². The number of amides is 1. The summed E-state index contributed by atoms with van der Waals surface area (Å²) in [6.07, 6.45) is 1.13. The van der Waals surface area contributed by atoms with E-state index in [1.54, 1.807) is 17.5 Å². The van der Waals surface area contributed by atoms with Crippen LogP contribution in [-0.4, -0.2) is 49.0 Å². The summed E-state index contributed by atoms with van der Waals surface area (Å²) in [5.74, 6) is -0.413. The molecule has 0 bridgehead atoms. The van der Waals surface area contributed by atoms with Gasteiger partial charge in [0.05, 0.1) is 16.8 Å². The summed E-state index contributed by atoms with van der Waals surface area (Å²) in [6, 6.07) is 10.4.